The van der Waals surface area contributed by atoms with E-state index in [0.717, 1.165) is 32.1 Å². The molecule has 5 nitrogen and oxygen atoms in total. The molecule has 7 rings (SSSR count). The van der Waals surface area contributed by atoms with Crippen molar-refractivity contribution < 1.29 is 24.5 Å². The standard InChI is InChI=1S/C25H32O5/c1-3-29-19(27)6-9-24-18-11-15(18)21-20-14-10-17(14)23(28)12-13(26)4-7-22(23,2)16(20)5-8-25(21,24)30-24/h13-18,20-21,26,28H,3-5,7-8,10-12H2,1-2H3. The van der Waals surface area contributed by atoms with Crippen LogP contribution in [-0.4, -0.2) is 45.7 Å². The lowest BCUT2D eigenvalue weighted by atomic mass is 9.44. The van der Waals surface area contributed by atoms with Crippen molar-refractivity contribution in [3.63, 3.8) is 0 Å². The first-order chi connectivity index (χ1) is 14.3. The van der Waals surface area contributed by atoms with Crippen LogP contribution in [0.25, 0.3) is 0 Å². The van der Waals surface area contributed by atoms with Crippen molar-refractivity contribution >= 4 is 5.97 Å². The Hall–Kier alpha value is -1.09. The number of esters is 1. The van der Waals surface area contributed by atoms with E-state index in [1.807, 2.05) is 0 Å². The molecule has 5 heteroatoms. The normalized spacial score (nSPS) is 62.8. The number of aliphatic hydroxyl groups excluding tert-OH is 1. The zero-order valence-electron chi connectivity index (χ0n) is 17.9. The molecule has 0 radical (unpaired) electrons. The van der Waals surface area contributed by atoms with Crippen LogP contribution in [-0.2, 0) is 14.3 Å². The second-order valence-electron chi connectivity index (χ2n) is 11.7. The minimum Gasteiger partial charge on any atom is -0.456 e. The molecule has 0 aromatic heterocycles. The SMILES string of the molecule is CCOC(=O)C#CC12OC13CCC1C(C4CC4C4(O)CC(O)CCC14C)C3C1CC12. The summed E-state index contributed by atoms with van der Waals surface area (Å²) in [4.78, 5) is 11.9. The third kappa shape index (κ3) is 1.85. The number of fused-ring (bicyclic) bond motifs is 10. The van der Waals surface area contributed by atoms with Gasteiger partial charge in [0.15, 0.2) is 5.60 Å². The number of epoxide rings is 1. The summed E-state index contributed by atoms with van der Waals surface area (Å²) in [6.45, 7) is 4.48. The second kappa shape index (κ2) is 5.27. The molecule has 0 amide bonds. The summed E-state index contributed by atoms with van der Waals surface area (Å²) >= 11 is 0. The Labute approximate surface area is 177 Å². The fraction of sp³-hybridized carbons (Fsp3) is 0.880. The Morgan fingerprint density at radius 1 is 1.17 bits per heavy atom. The minimum atomic E-state index is -0.701. The molecule has 1 heterocycles. The van der Waals surface area contributed by atoms with E-state index in [1.165, 1.54) is 6.42 Å². The number of carbonyl (C=O) groups excluding carboxylic acids is 1. The Kier molecular flexibility index (Phi) is 3.25. The van der Waals surface area contributed by atoms with Crippen LogP contribution in [0, 0.1) is 58.7 Å². The number of hydrogen-bond donors (Lipinski definition) is 2. The Morgan fingerprint density at radius 2 is 1.97 bits per heavy atom. The van der Waals surface area contributed by atoms with Gasteiger partial charge in [-0.3, -0.25) is 0 Å². The van der Waals surface area contributed by atoms with Crippen LogP contribution in [0.2, 0.25) is 0 Å². The summed E-state index contributed by atoms with van der Waals surface area (Å²) in [6.07, 6.45) is 6.28. The molecule has 2 N–H and O–H groups in total. The predicted molar refractivity (Wildman–Crippen MR) is 107 cm³/mol. The lowest BCUT2D eigenvalue weighted by Crippen LogP contribution is -2.64. The van der Waals surface area contributed by atoms with Gasteiger partial charge in [-0.25, -0.2) is 4.79 Å². The second-order valence-corrected chi connectivity index (χ2v) is 11.7. The highest BCUT2D eigenvalue weighted by Crippen LogP contribution is 2.85. The van der Waals surface area contributed by atoms with Gasteiger partial charge in [0, 0.05) is 18.3 Å². The predicted octanol–water partition coefficient (Wildman–Crippen LogP) is 2.28. The van der Waals surface area contributed by atoms with E-state index in [4.69, 9.17) is 9.47 Å². The maximum Gasteiger partial charge on any atom is 0.384 e. The molecule has 0 aromatic carbocycles. The van der Waals surface area contributed by atoms with Crippen LogP contribution in [0.15, 0.2) is 0 Å². The highest BCUT2D eigenvalue weighted by atomic mass is 16.6. The number of carbonyl (C=O) groups is 1. The van der Waals surface area contributed by atoms with Gasteiger partial charge in [-0.15, -0.1) is 0 Å². The molecule has 12 unspecified atom stereocenters. The average molecular weight is 413 g/mol. The molecular weight excluding hydrogens is 380 g/mol. The number of ether oxygens (including phenoxy) is 2. The first kappa shape index (κ1) is 18.5. The van der Waals surface area contributed by atoms with Crippen molar-refractivity contribution in [2.45, 2.75) is 81.7 Å². The number of rotatable bonds is 1. The minimum absolute atomic E-state index is 0.0999. The summed E-state index contributed by atoms with van der Waals surface area (Å²) in [5.74, 6) is 9.28. The van der Waals surface area contributed by atoms with Gasteiger partial charge in [0.1, 0.15) is 5.60 Å². The smallest absolute Gasteiger partial charge is 0.384 e. The largest absolute Gasteiger partial charge is 0.456 e. The first-order valence-corrected chi connectivity index (χ1v) is 12.1. The van der Waals surface area contributed by atoms with Gasteiger partial charge in [-0.1, -0.05) is 12.8 Å². The van der Waals surface area contributed by atoms with Crippen molar-refractivity contribution in [3.05, 3.63) is 0 Å². The summed E-state index contributed by atoms with van der Waals surface area (Å²) in [5.41, 5.74) is -1.37. The molecule has 6 aliphatic carbocycles. The van der Waals surface area contributed by atoms with Crippen molar-refractivity contribution in [2.24, 2.45) is 46.8 Å². The Bertz CT molecular complexity index is 905. The van der Waals surface area contributed by atoms with Gasteiger partial charge in [0.25, 0.3) is 0 Å². The van der Waals surface area contributed by atoms with Crippen LogP contribution in [0.1, 0.15) is 58.8 Å². The third-order valence-electron chi connectivity index (χ3n) is 10.9. The molecule has 7 fully saturated rings. The Morgan fingerprint density at radius 3 is 2.77 bits per heavy atom. The monoisotopic (exact) mass is 412 g/mol. The van der Waals surface area contributed by atoms with Gasteiger partial charge < -0.3 is 19.7 Å². The molecule has 0 aromatic rings. The van der Waals surface area contributed by atoms with E-state index in [-0.39, 0.29) is 17.1 Å². The van der Waals surface area contributed by atoms with Gasteiger partial charge >= 0.3 is 5.97 Å². The van der Waals surface area contributed by atoms with Gasteiger partial charge in [-0.05, 0) is 86.4 Å². The molecule has 162 valence electrons. The van der Waals surface area contributed by atoms with Crippen LogP contribution in [0.3, 0.4) is 0 Å². The van der Waals surface area contributed by atoms with E-state index in [0.29, 0.717) is 54.5 Å². The van der Waals surface area contributed by atoms with Crippen molar-refractivity contribution in [2.75, 3.05) is 6.61 Å². The maximum absolute atomic E-state index is 11.9. The van der Waals surface area contributed by atoms with Gasteiger partial charge in [-0.2, -0.15) is 0 Å². The molecule has 6 saturated carbocycles. The fourth-order valence-electron chi connectivity index (χ4n) is 9.69. The van der Waals surface area contributed by atoms with E-state index in [1.54, 1.807) is 6.92 Å². The zero-order valence-corrected chi connectivity index (χ0v) is 17.9. The van der Waals surface area contributed by atoms with Crippen LogP contribution < -0.4 is 0 Å². The van der Waals surface area contributed by atoms with Crippen LogP contribution >= 0.6 is 0 Å². The third-order valence-corrected chi connectivity index (χ3v) is 10.9. The summed E-state index contributed by atoms with van der Waals surface area (Å²) in [5, 5.41) is 22.2. The highest BCUT2D eigenvalue weighted by Gasteiger charge is 2.91. The maximum atomic E-state index is 11.9. The van der Waals surface area contributed by atoms with E-state index >= 15 is 0 Å². The van der Waals surface area contributed by atoms with E-state index in [2.05, 4.69) is 18.8 Å². The summed E-state index contributed by atoms with van der Waals surface area (Å²) < 4.78 is 11.6. The lowest BCUT2D eigenvalue weighted by Gasteiger charge is -2.62. The highest BCUT2D eigenvalue weighted by molar-refractivity contribution is 5.89. The fourth-order valence-corrected chi connectivity index (χ4v) is 9.69. The average Bonchev–Trinajstić information content (AvgIpc) is 3.59. The Balaban J connectivity index is 1.24. The quantitative estimate of drug-likeness (QED) is 0.299. The molecule has 1 spiro atoms. The number of aliphatic hydroxyl groups is 2. The van der Waals surface area contributed by atoms with Gasteiger partial charge in [0.05, 0.1) is 18.3 Å². The topological polar surface area (TPSA) is 79.3 Å². The van der Waals surface area contributed by atoms with E-state index in [9.17, 15) is 15.0 Å². The summed E-state index contributed by atoms with van der Waals surface area (Å²) in [7, 11) is 0. The lowest BCUT2D eigenvalue weighted by molar-refractivity contribution is -0.222. The molecular formula is C25H32O5. The van der Waals surface area contributed by atoms with Crippen molar-refractivity contribution in [3.8, 4) is 11.8 Å². The molecule has 30 heavy (non-hydrogen) atoms. The van der Waals surface area contributed by atoms with Crippen LogP contribution in [0.5, 0.6) is 0 Å². The van der Waals surface area contributed by atoms with Gasteiger partial charge in [0.2, 0.25) is 0 Å². The molecule has 12 atom stereocenters. The molecule has 1 saturated heterocycles. The first-order valence-electron chi connectivity index (χ1n) is 12.1. The van der Waals surface area contributed by atoms with E-state index < -0.39 is 17.2 Å². The number of hydrogen-bond acceptors (Lipinski definition) is 5. The van der Waals surface area contributed by atoms with Crippen molar-refractivity contribution in [1.29, 1.82) is 0 Å². The molecule has 0 bridgehead atoms. The zero-order chi connectivity index (χ0) is 20.7. The van der Waals surface area contributed by atoms with Crippen LogP contribution in [0.4, 0.5) is 0 Å². The van der Waals surface area contributed by atoms with Crippen molar-refractivity contribution in [1.82, 2.24) is 0 Å². The molecule has 1 aliphatic heterocycles. The molecule has 7 aliphatic rings. The summed E-state index contributed by atoms with van der Waals surface area (Å²) in [6, 6.07) is 0.